The van der Waals surface area contributed by atoms with E-state index in [-0.39, 0.29) is 17.5 Å². The van der Waals surface area contributed by atoms with E-state index in [2.05, 4.69) is 0 Å². The first kappa shape index (κ1) is 9.38. The Labute approximate surface area is 83.7 Å². The van der Waals surface area contributed by atoms with E-state index in [0.29, 0.717) is 18.4 Å². The van der Waals surface area contributed by atoms with E-state index >= 15 is 0 Å². The first-order valence-corrected chi connectivity index (χ1v) is 4.96. The van der Waals surface area contributed by atoms with Gasteiger partial charge in [0.15, 0.2) is 5.78 Å². The number of rotatable bonds is 0. The minimum Gasteiger partial charge on any atom is -0.299 e. The highest BCUT2D eigenvalue weighted by atomic mass is 16.1. The lowest BCUT2D eigenvalue weighted by Crippen LogP contribution is -2.40. The Kier molecular flexibility index (Phi) is 1.95. The van der Waals surface area contributed by atoms with E-state index in [1.165, 1.54) is 0 Å². The second-order valence-corrected chi connectivity index (χ2v) is 4.69. The highest BCUT2D eigenvalue weighted by Gasteiger charge is 2.43. The average Bonchev–Trinajstić information content (AvgIpc) is 2.14. The standard InChI is InChI=1S/C12H14O2/c1-12(2)7-10(13)8-5-3-4-6-9(8)11(12)14/h3-4,6,8H,5,7H2,1-2H3. The van der Waals surface area contributed by atoms with E-state index in [1.54, 1.807) is 6.08 Å². The highest BCUT2D eigenvalue weighted by molar-refractivity contribution is 6.10. The topological polar surface area (TPSA) is 34.1 Å². The molecule has 1 fully saturated rings. The molecule has 1 atom stereocenters. The van der Waals surface area contributed by atoms with Crippen LogP contribution in [-0.4, -0.2) is 11.6 Å². The van der Waals surface area contributed by atoms with Crippen molar-refractivity contribution >= 4 is 11.6 Å². The zero-order valence-corrected chi connectivity index (χ0v) is 8.54. The number of Topliss-reactive ketones (excluding diaryl/α,β-unsaturated/α-hetero) is 2. The molecule has 1 saturated carbocycles. The number of hydrogen-bond donors (Lipinski definition) is 0. The predicted octanol–water partition coefficient (Wildman–Crippen LogP) is 2.06. The van der Waals surface area contributed by atoms with Crippen LogP contribution >= 0.6 is 0 Å². The summed E-state index contributed by atoms with van der Waals surface area (Å²) in [5, 5.41) is 0. The Bertz CT molecular complexity index is 359. The second kappa shape index (κ2) is 2.91. The third-order valence-electron chi connectivity index (χ3n) is 3.04. The normalized spacial score (nSPS) is 29.9. The molecule has 2 nitrogen and oxygen atoms in total. The molecule has 0 bridgehead atoms. The number of hydrogen-bond acceptors (Lipinski definition) is 2. The average molecular weight is 190 g/mol. The van der Waals surface area contributed by atoms with Gasteiger partial charge in [0, 0.05) is 23.3 Å². The van der Waals surface area contributed by atoms with Gasteiger partial charge in [-0.2, -0.15) is 0 Å². The van der Waals surface area contributed by atoms with Crippen LogP contribution in [0.5, 0.6) is 0 Å². The number of allylic oxidation sites excluding steroid dienone is 4. The summed E-state index contributed by atoms with van der Waals surface area (Å²) in [7, 11) is 0. The fraction of sp³-hybridized carbons (Fsp3) is 0.500. The molecule has 2 heteroatoms. The Hall–Kier alpha value is -1.18. The Morgan fingerprint density at radius 2 is 2.07 bits per heavy atom. The van der Waals surface area contributed by atoms with Crippen LogP contribution in [0.3, 0.4) is 0 Å². The summed E-state index contributed by atoms with van der Waals surface area (Å²) < 4.78 is 0. The van der Waals surface area contributed by atoms with Crippen molar-refractivity contribution in [2.75, 3.05) is 0 Å². The van der Waals surface area contributed by atoms with Gasteiger partial charge in [0.1, 0.15) is 5.78 Å². The highest BCUT2D eigenvalue weighted by Crippen LogP contribution is 2.39. The van der Waals surface area contributed by atoms with Crippen molar-refractivity contribution in [2.24, 2.45) is 11.3 Å². The zero-order valence-electron chi connectivity index (χ0n) is 8.54. The van der Waals surface area contributed by atoms with Crippen LogP contribution in [-0.2, 0) is 9.59 Å². The van der Waals surface area contributed by atoms with Gasteiger partial charge in [-0.3, -0.25) is 9.59 Å². The summed E-state index contributed by atoms with van der Waals surface area (Å²) in [6.45, 7) is 3.70. The van der Waals surface area contributed by atoms with Crippen molar-refractivity contribution < 1.29 is 9.59 Å². The number of carbonyl (C=O) groups excluding carboxylic acids is 2. The first-order valence-electron chi connectivity index (χ1n) is 4.96. The molecule has 14 heavy (non-hydrogen) atoms. The van der Waals surface area contributed by atoms with Crippen LogP contribution in [0, 0.1) is 11.3 Å². The second-order valence-electron chi connectivity index (χ2n) is 4.69. The molecule has 2 aliphatic rings. The number of fused-ring (bicyclic) bond motifs is 1. The molecule has 0 N–H and O–H groups in total. The van der Waals surface area contributed by atoms with Crippen LogP contribution in [0.25, 0.3) is 0 Å². The monoisotopic (exact) mass is 190 g/mol. The Balaban J connectivity index is 2.43. The van der Waals surface area contributed by atoms with E-state index in [9.17, 15) is 9.59 Å². The maximum Gasteiger partial charge on any atom is 0.165 e. The van der Waals surface area contributed by atoms with Crippen LogP contribution < -0.4 is 0 Å². The van der Waals surface area contributed by atoms with E-state index in [4.69, 9.17) is 0 Å². The molecule has 0 radical (unpaired) electrons. The van der Waals surface area contributed by atoms with Gasteiger partial charge >= 0.3 is 0 Å². The van der Waals surface area contributed by atoms with Crippen molar-refractivity contribution in [3.8, 4) is 0 Å². The lowest BCUT2D eigenvalue weighted by atomic mass is 9.66. The molecule has 0 heterocycles. The van der Waals surface area contributed by atoms with E-state index in [0.717, 1.165) is 0 Å². The minimum atomic E-state index is -0.495. The summed E-state index contributed by atoms with van der Waals surface area (Å²) in [5.74, 6) is 0.206. The molecular weight excluding hydrogens is 176 g/mol. The molecule has 0 aromatic rings. The van der Waals surface area contributed by atoms with Gasteiger partial charge in [-0.25, -0.2) is 0 Å². The van der Waals surface area contributed by atoms with Crippen molar-refractivity contribution in [3.05, 3.63) is 23.8 Å². The van der Waals surface area contributed by atoms with Crippen molar-refractivity contribution in [1.29, 1.82) is 0 Å². The molecule has 74 valence electrons. The fourth-order valence-electron chi connectivity index (χ4n) is 2.20. The third kappa shape index (κ3) is 1.26. The van der Waals surface area contributed by atoms with Crippen LogP contribution in [0.2, 0.25) is 0 Å². The molecule has 0 aliphatic heterocycles. The fourth-order valence-corrected chi connectivity index (χ4v) is 2.20. The molecule has 0 aromatic heterocycles. The molecule has 2 rings (SSSR count). The van der Waals surface area contributed by atoms with Gasteiger partial charge in [-0.1, -0.05) is 32.1 Å². The number of carbonyl (C=O) groups is 2. The molecule has 0 amide bonds. The smallest absolute Gasteiger partial charge is 0.165 e. The maximum absolute atomic E-state index is 12.0. The SMILES string of the molecule is CC1(C)CC(=O)C2CC=CC=C2C1=O. The summed E-state index contributed by atoms with van der Waals surface area (Å²) in [6, 6.07) is 0. The third-order valence-corrected chi connectivity index (χ3v) is 3.04. The molecule has 1 unspecified atom stereocenters. The number of ketones is 2. The molecule has 0 spiro atoms. The van der Waals surface area contributed by atoms with Gasteiger partial charge in [-0.15, -0.1) is 0 Å². The van der Waals surface area contributed by atoms with Gasteiger partial charge < -0.3 is 0 Å². The van der Waals surface area contributed by atoms with Crippen LogP contribution in [0.1, 0.15) is 26.7 Å². The van der Waals surface area contributed by atoms with Gasteiger partial charge in [-0.05, 0) is 6.42 Å². The predicted molar refractivity (Wildman–Crippen MR) is 53.7 cm³/mol. The summed E-state index contributed by atoms with van der Waals surface area (Å²) in [5.41, 5.74) is 0.221. The zero-order chi connectivity index (χ0) is 10.3. The Morgan fingerprint density at radius 3 is 2.79 bits per heavy atom. The van der Waals surface area contributed by atoms with Gasteiger partial charge in [0.2, 0.25) is 0 Å². The molecule has 2 aliphatic carbocycles. The summed E-state index contributed by atoms with van der Waals surface area (Å²) >= 11 is 0. The van der Waals surface area contributed by atoms with E-state index in [1.807, 2.05) is 26.0 Å². The molecule has 0 aromatic carbocycles. The summed E-state index contributed by atoms with van der Waals surface area (Å²) in [4.78, 5) is 23.7. The molecule has 0 saturated heterocycles. The Morgan fingerprint density at radius 1 is 1.36 bits per heavy atom. The first-order chi connectivity index (χ1) is 6.52. The van der Waals surface area contributed by atoms with Crippen LogP contribution in [0.15, 0.2) is 23.8 Å². The summed E-state index contributed by atoms with van der Waals surface area (Å²) in [6.07, 6.45) is 6.72. The van der Waals surface area contributed by atoms with Gasteiger partial charge in [0.05, 0.1) is 0 Å². The van der Waals surface area contributed by atoms with Crippen molar-refractivity contribution in [3.63, 3.8) is 0 Å². The lowest BCUT2D eigenvalue weighted by Gasteiger charge is -2.34. The molecular formula is C12H14O2. The van der Waals surface area contributed by atoms with Crippen molar-refractivity contribution in [2.45, 2.75) is 26.7 Å². The van der Waals surface area contributed by atoms with Gasteiger partial charge in [0.25, 0.3) is 0 Å². The largest absolute Gasteiger partial charge is 0.299 e. The van der Waals surface area contributed by atoms with E-state index < -0.39 is 5.41 Å². The minimum absolute atomic E-state index is 0.145. The van der Waals surface area contributed by atoms with Crippen LogP contribution in [0.4, 0.5) is 0 Å². The van der Waals surface area contributed by atoms with Crippen molar-refractivity contribution in [1.82, 2.24) is 0 Å². The lowest BCUT2D eigenvalue weighted by molar-refractivity contribution is -0.136. The quantitative estimate of drug-likeness (QED) is 0.586. The maximum atomic E-state index is 12.0.